The van der Waals surface area contributed by atoms with Crippen molar-refractivity contribution in [3.8, 4) is 0 Å². The van der Waals surface area contributed by atoms with E-state index < -0.39 is 10.0 Å². The van der Waals surface area contributed by atoms with Gasteiger partial charge in [-0.05, 0) is 24.3 Å². The molecule has 1 aromatic heterocycles. The fraction of sp³-hybridized carbons (Fsp3) is 0.167. The lowest BCUT2D eigenvalue weighted by Crippen LogP contribution is -2.27. The lowest BCUT2D eigenvalue weighted by Gasteiger charge is -2.18. The molecule has 2 aromatic rings. The number of hydrogen-bond acceptors (Lipinski definition) is 4. The minimum Gasteiger partial charge on any atom is -0.468 e. The Kier molecular flexibility index (Phi) is 3.84. The number of rotatable bonds is 4. The predicted molar refractivity (Wildman–Crippen MR) is 73.2 cm³/mol. The molecule has 0 aliphatic carbocycles. The monoisotopic (exact) mass is 300 g/mol. The summed E-state index contributed by atoms with van der Waals surface area (Å²) in [6.07, 6.45) is 1.49. The molecule has 0 aliphatic rings. The summed E-state index contributed by atoms with van der Waals surface area (Å²) in [6.45, 7) is 0.111. The second-order valence-corrected chi connectivity index (χ2v) is 6.39. The molecule has 0 bridgehead atoms. The zero-order chi connectivity index (χ0) is 14.0. The van der Waals surface area contributed by atoms with Gasteiger partial charge in [0.2, 0.25) is 10.0 Å². The van der Waals surface area contributed by atoms with Crippen molar-refractivity contribution in [1.82, 2.24) is 4.31 Å². The molecule has 19 heavy (non-hydrogen) atoms. The zero-order valence-electron chi connectivity index (χ0n) is 10.2. The van der Waals surface area contributed by atoms with Gasteiger partial charge in [0.25, 0.3) is 0 Å². The second-order valence-electron chi connectivity index (χ2n) is 4.00. The van der Waals surface area contributed by atoms with E-state index in [1.807, 2.05) is 0 Å². The Labute approximate surface area is 116 Å². The van der Waals surface area contributed by atoms with Gasteiger partial charge >= 0.3 is 0 Å². The molecule has 0 fully saturated rings. The average Bonchev–Trinajstić information content (AvgIpc) is 2.81. The molecule has 2 N–H and O–H groups in total. The minimum absolute atomic E-state index is 0.0780. The van der Waals surface area contributed by atoms with Crippen LogP contribution in [0, 0.1) is 0 Å². The molecular weight excluding hydrogens is 288 g/mol. The Balaban J connectivity index is 2.37. The largest absolute Gasteiger partial charge is 0.468 e. The lowest BCUT2D eigenvalue weighted by atomic mass is 10.3. The van der Waals surface area contributed by atoms with Crippen molar-refractivity contribution in [3.63, 3.8) is 0 Å². The summed E-state index contributed by atoms with van der Waals surface area (Å²) >= 11 is 5.93. The Morgan fingerprint density at radius 3 is 2.63 bits per heavy atom. The first-order chi connectivity index (χ1) is 8.93. The summed E-state index contributed by atoms with van der Waals surface area (Å²) in [7, 11) is -2.31. The Morgan fingerprint density at radius 1 is 1.32 bits per heavy atom. The number of anilines is 1. The second kappa shape index (κ2) is 5.24. The first kappa shape index (κ1) is 13.9. The van der Waals surface area contributed by atoms with Crippen LogP contribution in [-0.4, -0.2) is 19.8 Å². The molecule has 0 spiro atoms. The van der Waals surface area contributed by atoms with Crippen LogP contribution in [0.4, 0.5) is 5.69 Å². The number of sulfonamides is 1. The average molecular weight is 301 g/mol. The van der Waals surface area contributed by atoms with Crippen molar-refractivity contribution in [2.24, 2.45) is 0 Å². The predicted octanol–water partition coefficient (Wildman–Crippen LogP) is 2.34. The third kappa shape index (κ3) is 2.75. The normalized spacial score (nSPS) is 11.9. The van der Waals surface area contributed by atoms with Crippen LogP contribution in [0.2, 0.25) is 5.02 Å². The Morgan fingerprint density at radius 2 is 2.05 bits per heavy atom. The molecule has 1 aromatic carbocycles. The first-order valence-corrected chi connectivity index (χ1v) is 7.27. The first-order valence-electron chi connectivity index (χ1n) is 5.45. The van der Waals surface area contributed by atoms with Gasteiger partial charge in [-0.2, -0.15) is 4.31 Å². The number of nitrogens with two attached hydrogens (primary N) is 1. The van der Waals surface area contributed by atoms with E-state index in [1.54, 1.807) is 18.2 Å². The number of hydrogen-bond donors (Lipinski definition) is 1. The highest BCUT2D eigenvalue weighted by Gasteiger charge is 2.26. The van der Waals surface area contributed by atoms with Gasteiger partial charge in [0.1, 0.15) is 10.7 Å². The van der Waals surface area contributed by atoms with Crippen molar-refractivity contribution >= 4 is 27.3 Å². The van der Waals surface area contributed by atoms with E-state index in [4.69, 9.17) is 21.8 Å². The molecule has 2 rings (SSSR count). The molecule has 0 amide bonds. The van der Waals surface area contributed by atoms with Gasteiger partial charge < -0.3 is 10.2 Å². The number of halogens is 1. The van der Waals surface area contributed by atoms with Crippen molar-refractivity contribution < 1.29 is 12.8 Å². The molecule has 7 heteroatoms. The van der Waals surface area contributed by atoms with Crippen molar-refractivity contribution in [1.29, 1.82) is 0 Å². The van der Waals surface area contributed by atoms with Gasteiger partial charge in [0.15, 0.2) is 0 Å². The number of nitrogens with zero attached hydrogens (tertiary/aromatic N) is 1. The zero-order valence-corrected chi connectivity index (χ0v) is 11.8. The standard InChI is InChI=1S/C12H13ClN2O3S/c1-15(8-9-4-3-7-18-9)19(16,17)12-10(13)5-2-6-11(12)14/h2-7H,8,14H2,1H3. The van der Waals surface area contributed by atoms with Crippen molar-refractivity contribution in [2.45, 2.75) is 11.4 Å². The number of nitrogen functional groups attached to an aromatic ring is 1. The van der Waals surface area contributed by atoms with Gasteiger partial charge in [0.05, 0.1) is 23.5 Å². The Hall–Kier alpha value is -1.50. The molecular formula is C12H13ClN2O3S. The highest BCUT2D eigenvalue weighted by Crippen LogP contribution is 2.29. The quantitative estimate of drug-likeness (QED) is 0.879. The number of furan rings is 1. The lowest BCUT2D eigenvalue weighted by molar-refractivity contribution is 0.406. The molecule has 0 aliphatic heterocycles. The maximum absolute atomic E-state index is 12.4. The van der Waals surface area contributed by atoms with Crippen LogP contribution in [0.5, 0.6) is 0 Å². The van der Waals surface area contributed by atoms with Gasteiger partial charge in [-0.3, -0.25) is 0 Å². The third-order valence-corrected chi connectivity index (χ3v) is 4.97. The van der Waals surface area contributed by atoms with Crippen LogP contribution in [0.15, 0.2) is 45.9 Å². The van der Waals surface area contributed by atoms with E-state index >= 15 is 0 Å². The molecule has 5 nitrogen and oxygen atoms in total. The molecule has 0 unspecified atom stereocenters. The van der Waals surface area contributed by atoms with E-state index in [0.29, 0.717) is 5.76 Å². The summed E-state index contributed by atoms with van der Waals surface area (Å²) in [6, 6.07) is 7.98. The van der Waals surface area contributed by atoms with Crippen LogP contribution in [0.1, 0.15) is 5.76 Å². The highest BCUT2D eigenvalue weighted by atomic mass is 35.5. The third-order valence-electron chi connectivity index (χ3n) is 2.62. The van der Waals surface area contributed by atoms with Gasteiger partial charge in [-0.15, -0.1) is 0 Å². The van der Waals surface area contributed by atoms with E-state index in [-0.39, 0.29) is 22.2 Å². The summed E-state index contributed by atoms with van der Waals surface area (Å²) in [4.78, 5) is -0.0780. The summed E-state index contributed by atoms with van der Waals surface area (Å²) in [5.74, 6) is 0.539. The van der Waals surface area contributed by atoms with E-state index in [9.17, 15) is 8.42 Å². The molecule has 102 valence electrons. The fourth-order valence-electron chi connectivity index (χ4n) is 1.66. The molecule has 0 radical (unpaired) electrons. The van der Waals surface area contributed by atoms with Crippen molar-refractivity contribution in [3.05, 3.63) is 47.4 Å². The smallest absolute Gasteiger partial charge is 0.246 e. The van der Waals surface area contributed by atoms with Crippen LogP contribution in [0.25, 0.3) is 0 Å². The number of benzene rings is 1. The molecule has 0 saturated heterocycles. The SMILES string of the molecule is CN(Cc1ccco1)S(=O)(=O)c1c(N)cccc1Cl. The Bertz CT molecular complexity index is 648. The maximum atomic E-state index is 12.4. The van der Waals surface area contributed by atoms with Gasteiger partial charge in [-0.1, -0.05) is 17.7 Å². The van der Waals surface area contributed by atoms with Crippen LogP contribution < -0.4 is 5.73 Å². The maximum Gasteiger partial charge on any atom is 0.246 e. The van der Waals surface area contributed by atoms with Crippen LogP contribution in [-0.2, 0) is 16.6 Å². The van der Waals surface area contributed by atoms with Gasteiger partial charge in [0, 0.05) is 7.05 Å². The van der Waals surface area contributed by atoms with E-state index in [0.717, 1.165) is 4.31 Å². The topological polar surface area (TPSA) is 76.5 Å². The molecule has 0 saturated carbocycles. The summed E-state index contributed by atoms with van der Waals surface area (Å²) < 4.78 is 31.1. The van der Waals surface area contributed by atoms with Crippen molar-refractivity contribution in [2.75, 3.05) is 12.8 Å². The van der Waals surface area contributed by atoms with E-state index in [2.05, 4.69) is 0 Å². The fourth-order valence-corrected chi connectivity index (χ4v) is 3.42. The summed E-state index contributed by atoms with van der Waals surface area (Å²) in [5, 5.41) is 0.103. The van der Waals surface area contributed by atoms with Gasteiger partial charge in [-0.25, -0.2) is 8.42 Å². The minimum atomic E-state index is -3.76. The van der Waals surface area contributed by atoms with E-state index in [1.165, 1.54) is 25.4 Å². The highest BCUT2D eigenvalue weighted by molar-refractivity contribution is 7.89. The van der Waals surface area contributed by atoms with Crippen LogP contribution in [0.3, 0.4) is 0 Å². The van der Waals surface area contributed by atoms with Crippen LogP contribution >= 0.6 is 11.6 Å². The molecule has 1 heterocycles. The molecule has 0 atom stereocenters. The summed E-state index contributed by atoms with van der Waals surface area (Å²) in [5.41, 5.74) is 5.83.